The molecule has 1 rings (SSSR count). The molecule has 112 valence electrons. The summed E-state index contributed by atoms with van der Waals surface area (Å²) >= 11 is 0. The fourth-order valence-corrected chi connectivity index (χ4v) is 2.18. The third kappa shape index (κ3) is 3.65. The van der Waals surface area contributed by atoms with Gasteiger partial charge in [0.25, 0.3) is 0 Å². The highest BCUT2D eigenvalue weighted by atomic mass is 16.5. The van der Waals surface area contributed by atoms with E-state index in [1.165, 1.54) is 0 Å². The SMILES string of the molecule is CCCc1cc(OC)c(CC(C)(C)C(=O)O)cc1OC. The van der Waals surface area contributed by atoms with Crippen molar-refractivity contribution in [2.45, 2.75) is 40.0 Å². The topological polar surface area (TPSA) is 55.8 Å². The van der Waals surface area contributed by atoms with Gasteiger partial charge in [-0.05, 0) is 49.9 Å². The molecule has 0 saturated carbocycles. The van der Waals surface area contributed by atoms with Gasteiger partial charge in [-0.2, -0.15) is 0 Å². The summed E-state index contributed by atoms with van der Waals surface area (Å²) < 4.78 is 10.8. The van der Waals surface area contributed by atoms with E-state index >= 15 is 0 Å². The molecule has 0 aliphatic heterocycles. The molecule has 0 atom stereocenters. The van der Waals surface area contributed by atoms with Crippen LogP contribution in [-0.4, -0.2) is 25.3 Å². The zero-order valence-electron chi connectivity index (χ0n) is 12.9. The average molecular weight is 280 g/mol. The minimum Gasteiger partial charge on any atom is -0.496 e. The molecule has 0 aromatic heterocycles. The number of hydrogen-bond donors (Lipinski definition) is 1. The van der Waals surface area contributed by atoms with Crippen molar-refractivity contribution in [1.29, 1.82) is 0 Å². The van der Waals surface area contributed by atoms with E-state index in [0.717, 1.165) is 35.5 Å². The number of aryl methyl sites for hydroxylation is 1. The maximum Gasteiger partial charge on any atom is 0.309 e. The number of hydrogen-bond acceptors (Lipinski definition) is 3. The van der Waals surface area contributed by atoms with Gasteiger partial charge >= 0.3 is 5.97 Å². The minimum absolute atomic E-state index is 0.397. The van der Waals surface area contributed by atoms with E-state index in [-0.39, 0.29) is 0 Å². The first-order valence-corrected chi connectivity index (χ1v) is 6.82. The van der Waals surface area contributed by atoms with Crippen LogP contribution in [0, 0.1) is 5.41 Å². The van der Waals surface area contributed by atoms with Crippen molar-refractivity contribution in [2.75, 3.05) is 14.2 Å². The van der Waals surface area contributed by atoms with Crippen LogP contribution < -0.4 is 9.47 Å². The zero-order chi connectivity index (χ0) is 15.3. The van der Waals surface area contributed by atoms with Crippen molar-refractivity contribution >= 4 is 5.97 Å². The van der Waals surface area contributed by atoms with Crippen molar-refractivity contribution < 1.29 is 19.4 Å². The number of rotatable bonds is 7. The maximum atomic E-state index is 11.3. The van der Waals surface area contributed by atoms with Crippen LogP contribution >= 0.6 is 0 Å². The van der Waals surface area contributed by atoms with Crippen molar-refractivity contribution in [3.05, 3.63) is 23.3 Å². The van der Waals surface area contributed by atoms with Gasteiger partial charge in [0.2, 0.25) is 0 Å². The average Bonchev–Trinajstić information content (AvgIpc) is 2.39. The van der Waals surface area contributed by atoms with Gasteiger partial charge in [0.1, 0.15) is 11.5 Å². The third-order valence-corrected chi connectivity index (χ3v) is 3.41. The van der Waals surface area contributed by atoms with Crippen LogP contribution in [0.5, 0.6) is 11.5 Å². The summed E-state index contributed by atoms with van der Waals surface area (Å²) in [7, 11) is 3.24. The standard InChI is InChI=1S/C16H24O4/c1-6-7-11-8-14(20-5)12(9-13(11)19-4)10-16(2,3)15(17)18/h8-9H,6-7,10H2,1-5H3,(H,17,18). The summed E-state index contributed by atoms with van der Waals surface area (Å²) in [6.45, 7) is 5.52. The molecule has 0 saturated heterocycles. The van der Waals surface area contributed by atoms with Gasteiger partial charge < -0.3 is 14.6 Å². The Morgan fingerprint density at radius 2 is 1.65 bits per heavy atom. The van der Waals surface area contributed by atoms with Crippen LogP contribution in [0.1, 0.15) is 38.3 Å². The zero-order valence-corrected chi connectivity index (χ0v) is 12.9. The van der Waals surface area contributed by atoms with Gasteiger partial charge in [-0.15, -0.1) is 0 Å². The van der Waals surface area contributed by atoms with E-state index in [2.05, 4.69) is 6.92 Å². The Kier molecular flexibility index (Phi) is 5.43. The molecule has 0 fully saturated rings. The molecule has 0 unspecified atom stereocenters. The number of ether oxygens (including phenoxy) is 2. The molecule has 1 N–H and O–H groups in total. The number of methoxy groups -OCH3 is 2. The molecular weight excluding hydrogens is 256 g/mol. The van der Waals surface area contributed by atoms with E-state index < -0.39 is 11.4 Å². The molecule has 0 heterocycles. The van der Waals surface area contributed by atoms with Gasteiger partial charge in [-0.25, -0.2) is 0 Å². The molecule has 0 aliphatic rings. The highest BCUT2D eigenvalue weighted by Crippen LogP contribution is 2.34. The van der Waals surface area contributed by atoms with E-state index in [1.54, 1.807) is 28.1 Å². The predicted octanol–water partition coefficient (Wildman–Crippen LogP) is 3.31. The molecule has 0 amide bonds. The summed E-state index contributed by atoms with van der Waals surface area (Å²) in [5.74, 6) is 0.698. The second-order valence-electron chi connectivity index (χ2n) is 5.59. The van der Waals surface area contributed by atoms with Gasteiger partial charge in [-0.3, -0.25) is 4.79 Å². The predicted molar refractivity (Wildman–Crippen MR) is 78.7 cm³/mol. The second-order valence-corrected chi connectivity index (χ2v) is 5.59. The molecule has 0 bridgehead atoms. The molecule has 0 aliphatic carbocycles. The highest BCUT2D eigenvalue weighted by Gasteiger charge is 2.29. The van der Waals surface area contributed by atoms with Crippen LogP contribution in [0.3, 0.4) is 0 Å². The largest absolute Gasteiger partial charge is 0.496 e. The van der Waals surface area contributed by atoms with Gasteiger partial charge in [0.05, 0.1) is 19.6 Å². The number of aliphatic carboxylic acids is 1. The summed E-state index contributed by atoms with van der Waals surface area (Å²) in [6, 6.07) is 3.85. The van der Waals surface area contributed by atoms with E-state index in [4.69, 9.17) is 9.47 Å². The summed E-state index contributed by atoms with van der Waals surface area (Å²) in [4.78, 5) is 11.3. The molecule has 4 nitrogen and oxygen atoms in total. The number of carboxylic acid groups (broad SMARTS) is 1. The molecule has 1 aromatic carbocycles. The number of carboxylic acids is 1. The van der Waals surface area contributed by atoms with Crippen LogP contribution in [0.15, 0.2) is 12.1 Å². The Hall–Kier alpha value is -1.71. The monoisotopic (exact) mass is 280 g/mol. The van der Waals surface area contributed by atoms with Gasteiger partial charge in [0.15, 0.2) is 0 Å². The lowest BCUT2D eigenvalue weighted by molar-refractivity contribution is -0.146. The lowest BCUT2D eigenvalue weighted by Gasteiger charge is -2.22. The van der Waals surface area contributed by atoms with Crippen LogP contribution in [0.2, 0.25) is 0 Å². The molecule has 1 aromatic rings. The molecular formula is C16H24O4. The number of carbonyl (C=O) groups is 1. The first-order chi connectivity index (χ1) is 9.35. The summed E-state index contributed by atoms with van der Waals surface area (Å²) in [5, 5.41) is 9.26. The van der Waals surface area contributed by atoms with Crippen LogP contribution in [0.4, 0.5) is 0 Å². The number of benzene rings is 1. The Bertz CT molecular complexity index is 478. The molecule has 0 radical (unpaired) electrons. The van der Waals surface area contributed by atoms with Crippen molar-refractivity contribution in [3.63, 3.8) is 0 Å². The van der Waals surface area contributed by atoms with Crippen LogP contribution in [-0.2, 0) is 17.6 Å². The summed E-state index contributed by atoms with van der Waals surface area (Å²) in [5.41, 5.74) is 1.10. The van der Waals surface area contributed by atoms with Crippen molar-refractivity contribution in [1.82, 2.24) is 0 Å². The smallest absolute Gasteiger partial charge is 0.309 e. The first-order valence-electron chi connectivity index (χ1n) is 6.82. The Morgan fingerprint density at radius 1 is 1.15 bits per heavy atom. The molecule has 4 heteroatoms. The quantitative estimate of drug-likeness (QED) is 0.832. The Morgan fingerprint density at radius 3 is 2.10 bits per heavy atom. The first kappa shape index (κ1) is 16.3. The summed E-state index contributed by atoms with van der Waals surface area (Å²) in [6.07, 6.45) is 2.32. The van der Waals surface area contributed by atoms with Gasteiger partial charge in [0, 0.05) is 0 Å². The Labute approximate surface area is 120 Å². The van der Waals surface area contributed by atoms with Crippen molar-refractivity contribution in [2.24, 2.45) is 5.41 Å². The normalized spacial score (nSPS) is 11.2. The van der Waals surface area contributed by atoms with Gasteiger partial charge in [-0.1, -0.05) is 13.3 Å². The van der Waals surface area contributed by atoms with Crippen molar-refractivity contribution in [3.8, 4) is 11.5 Å². The van der Waals surface area contributed by atoms with E-state index in [0.29, 0.717) is 6.42 Å². The lowest BCUT2D eigenvalue weighted by atomic mass is 9.85. The third-order valence-electron chi connectivity index (χ3n) is 3.41. The Balaban J connectivity index is 3.22. The maximum absolute atomic E-state index is 11.3. The van der Waals surface area contributed by atoms with E-state index in [9.17, 15) is 9.90 Å². The van der Waals surface area contributed by atoms with E-state index in [1.807, 2.05) is 12.1 Å². The minimum atomic E-state index is -0.843. The van der Waals surface area contributed by atoms with Crippen LogP contribution in [0.25, 0.3) is 0 Å². The molecule has 0 spiro atoms. The molecule has 20 heavy (non-hydrogen) atoms. The fraction of sp³-hybridized carbons (Fsp3) is 0.562. The second kappa shape index (κ2) is 6.64. The lowest BCUT2D eigenvalue weighted by Crippen LogP contribution is -2.26. The fourth-order valence-electron chi connectivity index (χ4n) is 2.18. The highest BCUT2D eigenvalue weighted by molar-refractivity contribution is 5.74.